The van der Waals surface area contributed by atoms with Crippen LogP contribution in [0.4, 0.5) is 5.00 Å². The number of aliphatic imine (C=N–C) groups is 1. The monoisotopic (exact) mass is 526 g/mol. The highest BCUT2D eigenvalue weighted by Crippen LogP contribution is 2.22. The minimum atomic E-state index is -2.83. The number of hydrogen-bond donors (Lipinski definition) is 1. The quantitative estimate of drug-likeness (QED) is 0.363. The van der Waals surface area contributed by atoms with Crippen LogP contribution in [0.3, 0.4) is 0 Å². The van der Waals surface area contributed by atoms with E-state index in [0.717, 1.165) is 45.1 Å². The van der Waals surface area contributed by atoms with Crippen LogP contribution < -0.4 is 10.2 Å². The molecule has 9 heteroatoms. The molecule has 3 heterocycles. The summed E-state index contributed by atoms with van der Waals surface area (Å²) in [6, 6.07) is 4.27. The lowest BCUT2D eigenvalue weighted by molar-refractivity contribution is 0.368. The Kier molecular flexibility index (Phi) is 8.67. The fourth-order valence-electron chi connectivity index (χ4n) is 3.39. The van der Waals surface area contributed by atoms with Crippen molar-refractivity contribution in [3.05, 3.63) is 17.5 Å². The molecule has 2 fully saturated rings. The molecule has 3 rings (SSSR count). The lowest BCUT2D eigenvalue weighted by Gasteiger charge is -2.37. The SMILES string of the molecule is CC(C)CN=C(NCC1CCS(=O)(=O)C1)N1CCN(c2cccs2)CC1.I. The van der Waals surface area contributed by atoms with Gasteiger partial charge in [-0.05, 0) is 35.8 Å². The molecule has 0 bridgehead atoms. The predicted molar refractivity (Wildman–Crippen MR) is 125 cm³/mol. The minimum absolute atomic E-state index is 0. The molecular weight excluding hydrogens is 495 g/mol. The fourth-order valence-corrected chi connectivity index (χ4v) is 6.04. The smallest absolute Gasteiger partial charge is 0.194 e. The van der Waals surface area contributed by atoms with Crippen LogP contribution in [0.15, 0.2) is 22.5 Å². The van der Waals surface area contributed by atoms with Crippen molar-refractivity contribution in [3.8, 4) is 0 Å². The lowest BCUT2D eigenvalue weighted by Crippen LogP contribution is -2.53. The third kappa shape index (κ3) is 6.77. The second-order valence-electron chi connectivity index (χ2n) is 7.63. The van der Waals surface area contributed by atoms with E-state index in [2.05, 4.69) is 46.5 Å². The van der Waals surface area contributed by atoms with Gasteiger partial charge in [-0.2, -0.15) is 0 Å². The van der Waals surface area contributed by atoms with Gasteiger partial charge in [0.1, 0.15) is 0 Å². The number of nitrogens with zero attached hydrogens (tertiary/aromatic N) is 3. The Hall–Kier alpha value is -0.550. The Morgan fingerprint density at radius 1 is 1.33 bits per heavy atom. The first-order valence-corrected chi connectivity index (χ1v) is 12.2. The van der Waals surface area contributed by atoms with E-state index in [1.807, 2.05) is 0 Å². The first kappa shape index (κ1) is 22.7. The van der Waals surface area contributed by atoms with Gasteiger partial charge in [-0.25, -0.2) is 8.42 Å². The summed E-state index contributed by atoms with van der Waals surface area (Å²) in [4.78, 5) is 9.53. The van der Waals surface area contributed by atoms with Crippen LogP contribution in [-0.2, 0) is 9.84 Å². The average molecular weight is 527 g/mol. The summed E-state index contributed by atoms with van der Waals surface area (Å²) < 4.78 is 23.4. The molecule has 6 nitrogen and oxygen atoms in total. The van der Waals surface area contributed by atoms with Crippen LogP contribution >= 0.6 is 35.3 Å². The van der Waals surface area contributed by atoms with Crippen molar-refractivity contribution in [2.24, 2.45) is 16.8 Å². The Labute approximate surface area is 184 Å². The van der Waals surface area contributed by atoms with Crippen LogP contribution in [0.25, 0.3) is 0 Å². The number of rotatable bonds is 5. The number of hydrogen-bond acceptors (Lipinski definition) is 5. The van der Waals surface area contributed by atoms with E-state index in [0.29, 0.717) is 24.0 Å². The van der Waals surface area contributed by atoms with E-state index in [4.69, 9.17) is 4.99 Å². The van der Waals surface area contributed by atoms with E-state index in [-0.39, 0.29) is 29.9 Å². The lowest BCUT2D eigenvalue weighted by atomic mass is 10.1. The molecule has 0 spiro atoms. The summed E-state index contributed by atoms with van der Waals surface area (Å²) in [5.41, 5.74) is 0. The maximum atomic E-state index is 11.7. The van der Waals surface area contributed by atoms with Crippen LogP contribution in [0.1, 0.15) is 20.3 Å². The van der Waals surface area contributed by atoms with Crippen molar-refractivity contribution in [2.45, 2.75) is 20.3 Å². The normalized spacial score (nSPS) is 22.8. The third-order valence-electron chi connectivity index (χ3n) is 4.88. The summed E-state index contributed by atoms with van der Waals surface area (Å²) in [6.45, 7) is 9.66. The van der Waals surface area contributed by atoms with Gasteiger partial charge in [-0.3, -0.25) is 4.99 Å². The molecule has 1 N–H and O–H groups in total. The second-order valence-corrected chi connectivity index (χ2v) is 10.8. The summed E-state index contributed by atoms with van der Waals surface area (Å²) >= 11 is 1.78. The fraction of sp³-hybridized carbons (Fsp3) is 0.722. The van der Waals surface area contributed by atoms with Crippen LogP contribution in [0.2, 0.25) is 0 Å². The predicted octanol–water partition coefficient (Wildman–Crippen LogP) is 2.52. The molecule has 1 unspecified atom stereocenters. The average Bonchev–Trinajstić information content (AvgIpc) is 3.25. The van der Waals surface area contributed by atoms with Crippen molar-refractivity contribution in [1.29, 1.82) is 0 Å². The summed E-state index contributed by atoms with van der Waals surface area (Å²) in [7, 11) is -2.83. The number of thiophene rings is 1. The summed E-state index contributed by atoms with van der Waals surface area (Å²) in [6.07, 6.45) is 0.763. The maximum absolute atomic E-state index is 11.7. The number of guanidine groups is 1. The third-order valence-corrected chi connectivity index (χ3v) is 7.64. The van der Waals surface area contributed by atoms with Gasteiger partial charge in [0, 0.05) is 39.3 Å². The van der Waals surface area contributed by atoms with Crippen LogP contribution in [0, 0.1) is 11.8 Å². The molecule has 1 aromatic rings. The molecule has 2 saturated heterocycles. The molecule has 1 atom stereocenters. The molecule has 1 aromatic heterocycles. The molecular formula is C18H31IN4O2S2. The molecule has 0 aliphatic carbocycles. The molecule has 0 saturated carbocycles. The van der Waals surface area contributed by atoms with Crippen molar-refractivity contribution < 1.29 is 8.42 Å². The molecule has 154 valence electrons. The Morgan fingerprint density at radius 2 is 2.07 bits per heavy atom. The Balaban J connectivity index is 0.00000261. The van der Waals surface area contributed by atoms with Crippen LogP contribution in [0.5, 0.6) is 0 Å². The molecule has 0 amide bonds. The summed E-state index contributed by atoms with van der Waals surface area (Å²) in [5, 5.41) is 6.92. The number of nitrogens with one attached hydrogen (secondary N) is 1. The molecule has 27 heavy (non-hydrogen) atoms. The molecule has 0 aromatic carbocycles. The van der Waals surface area contributed by atoms with E-state index >= 15 is 0 Å². The van der Waals surface area contributed by atoms with E-state index in [1.165, 1.54) is 5.00 Å². The molecule has 2 aliphatic rings. The highest BCUT2D eigenvalue weighted by atomic mass is 127. The Bertz CT molecular complexity index is 699. The van der Waals surface area contributed by atoms with Crippen LogP contribution in [-0.4, -0.2) is 70.1 Å². The van der Waals surface area contributed by atoms with Crippen molar-refractivity contribution in [1.82, 2.24) is 10.2 Å². The summed E-state index contributed by atoms with van der Waals surface area (Å²) in [5.74, 6) is 2.29. The van der Waals surface area contributed by atoms with Crippen molar-refractivity contribution >= 4 is 56.1 Å². The number of sulfone groups is 1. The van der Waals surface area contributed by atoms with Gasteiger partial charge in [0.2, 0.25) is 0 Å². The van der Waals surface area contributed by atoms with Crippen molar-refractivity contribution in [2.75, 3.05) is 55.7 Å². The van der Waals surface area contributed by atoms with Gasteiger partial charge < -0.3 is 15.1 Å². The van der Waals surface area contributed by atoms with Gasteiger partial charge in [0.15, 0.2) is 15.8 Å². The zero-order chi connectivity index (χ0) is 18.6. The van der Waals surface area contributed by atoms with E-state index in [9.17, 15) is 8.42 Å². The van der Waals surface area contributed by atoms with Gasteiger partial charge in [-0.15, -0.1) is 35.3 Å². The number of halogens is 1. The standard InChI is InChI=1S/C18H30N4O2S2.HI/c1-15(2)12-19-18(20-13-16-5-11-26(23,24)14-16)22-8-6-21(7-9-22)17-4-3-10-25-17;/h3-4,10,15-16H,5-9,11-14H2,1-2H3,(H,19,20);1H. The topological polar surface area (TPSA) is 65.0 Å². The highest BCUT2D eigenvalue weighted by molar-refractivity contribution is 14.0. The van der Waals surface area contributed by atoms with E-state index < -0.39 is 9.84 Å². The molecule has 0 radical (unpaired) electrons. The minimum Gasteiger partial charge on any atom is -0.360 e. The van der Waals surface area contributed by atoms with E-state index in [1.54, 1.807) is 11.3 Å². The van der Waals surface area contributed by atoms with Gasteiger partial charge >= 0.3 is 0 Å². The maximum Gasteiger partial charge on any atom is 0.194 e. The first-order chi connectivity index (χ1) is 12.4. The molecule has 2 aliphatic heterocycles. The first-order valence-electron chi connectivity index (χ1n) is 9.45. The largest absolute Gasteiger partial charge is 0.360 e. The number of piperazine rings is 1. The Morgan fingerprint density at radius 3 is 2.63 bits per heavy atom. The van der Waals surface area contributed by atoms with Gasteiger partial charge in [-0.1, -0.05) is 13.8 Å². The number of anilines is 1. The van der Waals surface area contributed by atoms with Gasteiger partial charge in [0.25, 0.3) is 0 Å². The van der Waals surface area contributed by atoms with Crippen molar-refractivity contribution in [3.63, 3.8) is 0 Å². The van der Waals surface area contributed by atoms with Gasteiger partial charge in [0.05, 0.1) is 16.5 Å². The zero-order valence-electron chi connectivity index (χ0n) is 16.1. The zero-order valence-corrected chi connectivity index (χ0v) is 20.1. The highest BCUT2D eigenvalue weighted by Gasteiger charge is 2.28. The second kappa shape index (κ2) is 10.3.